The van der Waals surface area contributed by atoms with Crippen LogP contribution in [0.2, 0.25) is 0 Å². The van der Waals surface area contributed by atoms with E-state index in [-0.39, 0.29) is 51.0 Å². The monoisotopic (exact) mass is 934 g/mol. The van der Waals surface area contributed by atoms with Gasteiger partial charge in [-0.15, -0.1) is 0 Å². The van der Waals surface area contributed by atoms with Crippen LogP contribution >= 0.6 is 0 Å². The molecule has 67 heavy (non-hydrogen) atoms. The maximum absolute atomic E-state index is 13.9. The molecule has 12 N–H and O–H groups in total. The van der Waals surface area contributed by atoms with Crippen molar-refractivity contribution in [1.29, 1.82) is 0 Å². The molecule has 1 aliphatic heterocycles. The van der Waals surface area contributed by atoms with Gasteiger partial charge in [0.05, 0.1) is 19.1 Å². The normalized spacial score (nSPS) is 16.0. The van der Waals surface area contributed by atoms with Crippen molar-refractivity contribution in [2.24, 2.45) is 23.3 Å². The Morgan fingerprint density at radius 3 is 1.73 bits per heavy atom. The Bertz CT molecular complexity index is 2050. The van der Waals surface area contributed by atoms with E-state index in [2.05, 4.69) is 37.2 Å². The van der Waals surface area contributed by atoms with E-state index in [1.807, 2.05) is 13.8 Å². The summed E-state index contributed by atoms with van der Waals surface area (Å²) in [5, 5.41) is 27.3. The van der Waals surface area contributed by atoms with Crippen LogP contribution in [0.4, 0.5) is 0 Å². The number of rotatable bonds is 26. The number of hydrogen-bond donors (Lipinski definition) is 10. The first-order chi connectivity index (χ1) is 31.7. The number of carboxylic acids is 1. The molecular weight excluding hydrogens is 869 g/mol. The summed E-state index contributed by atoms with van der Waals surface area (Å²) >= 11 is 0. The lowest BCUT2D eigenvalue weighted by atomic mass is 10.0. The lowest BCUT2D eigenvalue weighted by Gasteiger charge is -2.27. The van der Waals surface area contributed by atoms with Gasteiger partial charge < -0.3 is 58.7 Å². The molecule has 1 fully saturated rings. The van der Waals surface area contributed by atoms with Crippen molar-refractivity contribution >= 4 is 59.1 Å². The number of likely N-dealkylation sites (tertiary alicyclic amines) is 1. The van der Waals surface area contributed by atoms with Crippen LogP contribution in [0.25, 0.3) is 0 Å². The first-order valence-corrected chi connectivity index (χ1v) is 22.4. The molecule has 0 unspecified atom stereocenters. The topological polar surface area (TPSA) is 330 Å². The maximum atomic E-state index is 13.9. The van der Waals surface area contributed by atoms with Gasteiger partial charge in [0.2, 0.25) is 53.2 Å². The lowest BCUT2D eigenvalue weighted by Crippen LogP contribution is -2.58. The van der Waals surface area contributed by atoms with Gasteiger partial charge in [-0.25, -0.2) is 4.79 Å². The number of nitrogens with zero attached hydrogens (tertiary/aromatic N) is 1. The summed E-state index contributed by atoms with van der Waals surface area (Å²) in [6.45, 7) is 7.32. The molecule has 1 saturated heterocycles. The highest BCUT2D eigenvalue weighted by molar-refractivity contribution is 5.97. The van der Waals surface area contributed by atoms with Gasteiger partial charge in [0, 0.05) is 25.8 Å². The largest absolute Gasteiger partial charge is 0.480 e. The van der Waals surface area contributed by atoms with Crippen molar-refractivity contribution in [3.63, 3.8) is 0 Å². The Hall–Kier alpha value is -6.90. The minimum absolute atomic E-state index is 0.0136. The Labute approximate surface area is 390 Å². The van der Waals surface area contributed by atoms with Gasteiger partial charge >= 0.3 is 5.97 Å². The van der Waals surface area contributed by atoms with E-state index in [4.69, 9.17) is 11.5 Å². The van der Waals surface area contributed by atoms with Crippen LogP contribution in [-0.2, 0) is 60.8 Å². The fourth-order valence-electron chi connectivity index (χ4n) is 7.23. The van der Waals surface area contributed by atoms with E-state index in [0.29, 0.717) is 17.5 Å². The number of benzene rings is 2. The van der Waals surface area contributed by atoms with Crippen molar-refractivity contribution in [2.75, 3.05) is 19.6 Å². The fraction of sp³-hybridized carbons (Fsp3) is 0.522. The van der Waals surface area contributed by atoms with Crippen molar-refractivity contribution in [3.8, 4) is 0 Å². The molecule has 0 spiro atoms. The molecule has 3 rings (SSSR count). The van der Waals surface area contributed by atoms with Gasteiger partial charge in [-0.3, -0.25) is 43.2 Å². The van der Waals surface area contributed by atoms with Gasteiger partial charge in [0.25, 0.3) is 0 Å². The van der Waals surface area contributed by atoms with Gasteiger partial charge in [0.1, 0.15) is 36.3 Å². The van der Waals surface area contributed by atoms with Crippen LogP contribution in [0.3, 0.4) is 0 Å². The molecule has 0 bridgehead atoms. The zero-order valence-electron chi connectivity index (χ0n) is 38.7. The molecule has 7 atom stereocenters. The molecule has 1 aliphatic rings. The first-order valence-electron chi connectivity index (χ1n) is 22.4. The molecule has 0 radical (unpaired) electrons. The summed E-state index contributed by atoms with van der Waals surface area (Å²) in [5.74, 6) is -7.90. The van der Waals surface area contributed by atoms with Crippen LogP contribution in [0, 0.1) is 11.8 Å². The summed E-state index contributed by atoms with van der Waals surface area (Å²) in [6, 6.07) is 9.60. The van der Waals surface area contributed by atoms with Crippen molar-refractivity contribution < 1.29 is 53.1 Å². The molecule has 0 aliphatic carbocycles. The third kappa shape index (κ3) is 18.5. The number of primary amides is 1. The van der Waals surface area contributed by atoms with E-state index >= 15 is 0 Å². The van der Waals surface area contributed by atoms with Crippen molar-refractivity contribution in [3.05, 3.63) is 71.8 Å². The molecule has 9 amide bonds. The van der Waals surface area contributed by atoms with E-state index in [9.17, 15) is 53.1 Å². The van der Waals surface area contributed by atoms with Crippen LogP contribution in [0.1, 0.15) is 77.8 Å². The predicted octanol–water partition coefficient (Wildman–Crippen LogP) is -1.48. The molecule has 0 saturated carbocycles. The third-order valence-electron chi connectivity index (χ3n) is 10.9. The van der Waals surface area contributed by atoms with Gasteiger partial charge in [0.15, 0.2) is 0 Å². The number of carboxylic acid groups (broad SMARTS) is 1. The molecule has 21 heteroatoms. The summed E-state index contributed by atoms with van der Waals surface area (Å²) in [6.07, 6.45) is 0.745. The number of carbonyl (C=O) groups is 10. The van der Waals surface area contributed by atoms with E-state index in [1.54, 1.807) is 74.5 Å². The quantitative estimate of drug-likeness (QED) is 0.0517. The van der Waals surface area contributed by atoms with Crippen LogP contribution in [0.5, 0.6) is 0 Å². The highest BCUT2D eigenvalue weighted by Crippen LogP contribution is 2.18. The number of amides is 9. The zero-order valence-corrected chi connectivity index (χ0v) is 38.7. The molecule has 0 aromatic heterocycles. The van der Waals surface area contributed by atoms with Crippen LogP contribution < -0.4 is 48.7 Å². The average Bonchev–Trinajstić information content (AvgIpc) is 3.78. The Morgan fingerprint density at radius 1 is 0.672 bits per heavy atom. The second kappa shape index (κ2) is 26.9. The van der Waals surface area contributed by atoms with Crippen molar-refractivity contribution in [1.82, 2.24) is 42.1 Å². The number of aliphatic carboxylic acids is 1. The summed E-state index contributed by atoms with van der Waals surface area (Å²) < 4.78 is 0. The van der Waals surface area contributed by atoms with E-state index in [0.717, 1.165) is 0 Å². The standard InChI is InChI=1S/C46H66N10O11/c1-26(2)21-32(52-41(61)31(47)18-19-36(48)57)44(64)53-33(22-29-13-8-6-9-14-29)43(63)50-25-38(59)56-20-12-17-35(56)45(65)54-34(23-30-15-10-7-11-16-30)42(62)49-24-37(58)51-28(5)40(60)55-39(27(3)4)46(66)67/h6-11,13-16,26-28,31-35,39H,12,17-25,47H2,1-5H3,(H2,48,57)(H,49,62)(H,50,63)(H,51,58)(H,52,61)(H,53,64)(H,54,65)(H,55,60)(H,66,67)/t28-,31-,32-,33-,34-,35-,39-/m0/s1. The number of nitrogens with one attached hydrogen (secondary N) is 7. The van der Waals surface area contributed by atoms with Gasteiger partial charge in [-0.05, 0) is 55.6 Å². The summed E-state index contributed by atoms with van der Waals surface area (Å²) in [7, 11) is 0. The summed E-state index contributed by atoms with van der Waals surface area (Å²) in [5.41, 5.74) is 12.5. The molecule has 21 nitrogen and oxygen atoms in total. The first kappa shape index (κ1) is 54.4. The maximum Gasteiger partial charge on any atom is 0.326 e. The SMILES string of the molecule is CC(C)C[C@H](NC(=O)[C@@H](N)CCC(N)=O)C(=O)N[C@@H](Cc1ccccc1)C(=O)NCC(=O)N1CCC[C@H]1C(=O)N[C@@H](Cc1ccccc1)C(=O)NCC(=O)N[C@@H](C)C(=O)N[C@H](C(=O)O)C(C)C. The lowest BCUT2D eigenvalue weighted by molar-refractivity contribution is -0.143. The second-order valence-corrected chi connectivity index (χ2v) is 17.3. The molecule has 2 aromatic rings. The summed E-state index contributed by atoms with van der Waals surface area (Å²) in [4.78, 5) is 131. The smallest absolute Gasteiger partial charge is 0.326 e. The Kier molecular flexibility index (Phi) is 21.9. The Balaban J connectivity index is 1.69. The molecular formula is C46H66N10O11. The van der Waals surface area contributed by atoms with E-state index < -0.39 is 120 Å². The zero-order chi connectivity index (χ0) is 49.8. The average molecular weight is 935 g/mol. The number of carbonyl (C=O) groups excluding carboxylic acids is 9. The molecule has 1 heterocycles. The van der Waals surface area contributed by atoms with Gasteiger partial charge in [-0.1, -0.05) is 88.4 Å². The predicted molar refractivity (Wildman–Crippen MR) is 245 cm³/mol. The second-order valence-electron chi connectivity index (χ2n) is 17.3. The van der Waals surface area contributed by atoms with E-state index in [1.165, 1.54) is 11.8 Å². The number of nitrogens with two attached hydrogens (primary N) is 2. The Morgan fingerprint density at radius 2 is 1.21 bits per heavy atom. The molecule has 366 valence electrons. The van der Waals surface area contributed by atoms with Gasteiger partial charge in [-0.2, -0.15) is 0 Å². The minimum atomic E-state index is -1.23. The van der Waals surface area contributed by atoms with Crippen LogP contribution in [0.15, 0.2) is 60.7 Å². The highest BCUT2D eigenvalue weighted by atomic mass is 16.4. The van der Waals surface area contributed by atoms with Crippen LogP contribution in [-0.4, -0.2) is 131 Å². The number of hydrogen-bond acceptors (Lipinski definition) is 11. The fourth-order valence-corrected chi connectivity index (χ4v) is 7.23. The minimum Gasteiger partial charge on any atom is -0.480 e. The highest BCUT2D eigenvalue weighted by Gasteiger charge is 2.37. The molecule has 2 aromatic carbocycles. The van der Waals surface area contributed by atoms with Crippen molar-refractivity contribution in [2.45, 2.75) is 122 Å². The third-order valence-corrected chi connectivity index (χ3v) is 10.9.